The molecular formula is C15H25N5O2S. The van der Waals surface area contributed by atoms with E-state index in [9.17, 15) is 8.42 Å². The summed E-state index contributed by atoms with van der Waals surface area (Å²) in [6.07, 6.45) is 4.43. The van der Waals surface area contributed by atoms with Crippen LogP contribution in [-0.4, -0.2) is 61.8 Å². The van der Waals surface area contributed by atoms with Gasteiger partial charge in [0.05, 0.1) is 11.4 Å². The zero-order valence-corrected chi connectivity index (χ0v) is 14.6. The van der Waals surface area contributed by atoms with Crippen molar-refractivity contribution in [3.8, 4) is 0 Å². The Bertz CT molecular complexity index is 664. The van der Waals surface area contributed by atoms with Crippen LogP contribution in [0.1, 0.15) is 31.0 Å². The summed E-state index contributed by atoms with van der Waals surface area (Å²) < 4.78 is 26.5. The molecule has 1 N–H and O–H groups in total. The fraction of sp³-hybridized carbons (Fsp3) is 0.733. The zero-order valence-electron chi connectivity index (χ0n) is 13.8. The van der Waals surface area contributed by atoms with E-state index in [1.54, 1.807) is 13.3 Å². The molecule has 0 radical (unpaired) electrons. The number of rotatable bonds is 4. The van der Waals surface area contributed by atoms with Crippen LogP contribution in [0.4, 0.5) is 5.82 Å². The van der Waals surface area contributed by atoms with Gasteiger partial charge >= 0.3 is 0 Å². The molecule has 0 saturated carbocycles. The van der Waals surface area contributed by atoms with Gasteiger partial charge in [0, 0.05) is 44.2 Å². The van der Waals surface area contributed by atoms with Crippen molar-refractivity contribution in [1.29, 1.82) is 0 Å². The summed E-state index contributed by atoms with van der Waals surface area (Å²) in [5, 5.41) is 0. The van der Waals surface area contributed by atoms with Crippen molar-refractivity contribution in [3.63, 3.8) is 0 Å². The van der Waals surface area contributed by atoms with Crippen molar-refractivity contribution >= 4 is 15.8 Å². The number of sulfonamides is 1. The maximum Gasteiger partial charge on any atom is 0.211 e. The molecule has 1 saturated heterocycles. The van der Waals surface area contributed by atoms with Crippen LogP contribution < -0.4 is 9.62 Å². The Labute approximate surface area is 138 Å². The Morgan fingerprint density at radius 3 is 2.96 bits per heavy atom. The van der Waals surface area contributed by atoms with Crippen LogP contribution in [0.15, 0.2) is 6.33 Å². The first-order valence-electron chi connectivity index (χ1n) is 8.24. The molecule has 1 aromatic rings. The Balaban J connectivity index is 1.79. The fourth-order valence-corrected chi connectivity index (χ4v) is 4.20. The lowest BCUT2D eigenvalue weighted by Crippen LogP contribution is -2.48. The number of anilines is 1. The maximum absolute atomic E-state index is 11.8. The average molecular weight is 339 g/mol. The van der Waals surface area contributed by atoms with Gasteiger partial charge in [0.2, 0.25) is 10.0 Å². The number of likely N-dealkylation sites (N-methyl/N-ethyl adjacent to an activating group) is 1. The predicted molar refractivity (Wildman–Crippen MR) is 89.9 cm³/mol. The fourth-order valence-electron chi connectivity index (χ4n) is 3.34. The van der Waals surface area contributed by atoms with Gasteiger partial charge < -0.3 is 9.80 Å². The van der Waals surface area contributed by atoms with Crippen LogP contribution in [0.5, 0.6) is 0 Å². The van der Waals surface area contributed by atoms with E-state index in [0.717, 1.165) is 50.4 Å². The molecular weight excluding hydrogens is 314 g/mol. The van der Waals surface area contributed by atoms with Gasteiger partial charge in [-0.25, -0.2) is 23.1 Å². The number of hydrogen-bond donors (Lipinski definition) is 1. The topological polar surface area (TPSA) is 78.4 Å². The molecule has 1 aromatic heterocycles. The number of nitrogens with one attached hydrogen (secondary N) is 1. The minimum Gasteiger partial charge on any atom is -0.355 e. The van der Waals surface area contributed by atoms with E-state index < -0.39 is 10.0 Å². The van der Waals surface area contributed by atoms with Crippen molar-refractivity contribution in [3.05, 3.63) is 17.6 Å². The van der Waals surface area contributed by atoms with Gasteiger partial charge in [-0.1, -0.05) is 0 Å². The van der Waals surface area contributed by atoms with Crippen molar-refractivity contribution < 1.29 is 8.42 Å². The van der Waals surface area contributed by atoms with Crippen molar-refractivity contribution in [2.75, 3.05) is 37.3 Å². The standard InChI is InChI=1S/C15H25N5O2S/c1-3-23(21,22)18-12-5-4-7-20(9-12)15-13-10-19(2)8-6-14(13)16-11-17-15/h11-12,18H,3-10H2,1-2H3. The Morgan fingerprint density at radius 2 is 2.17 bits per heavy atom. The highest BCUT2D eigenvalue weighted by atomic mass is 32.2. The first kappa shape index (κ1) is 16.6. The molecule has 7 nitrogen and oxygen atoms in total. The van der Waals surface area contributed by atoms with E-state index >= 15 is 0 Å². The van der Waals surface area contributed by atoms with E-state index in [2.05, 4.69) is 31.5 Å². The molecule has 23 heavy (non-hydrogen) atoms. The second-order valence-corrected chi connectivity index (χ2v) is 8.46. The molecule has 0 bridgehead atoms. The van der Waals surface area contributed by atoms with Crippen LogP contribution in [0, 0.1) is 0 Å². The summed E-state index contributed by atoms with van der Waals surface area (Å²) in [6, 6.07) is -0.0411. The Kier molecular flexibility index (Phi) is 4.84. The van der Waals surface area contributed by atoms with Gasteiger partial charge in [-0.05, 0) is 26.8 Å². The molecule has 3 rings (SSSR count). The molecule has 2 aliphatic rings. The van der Waals surface area contributed by atoms with E-state index in [4.69, 9.17) is 0 Å². The molecule has 0 aromatic carbocycles. The van der Waals surface area contributed by atoms with E-state index in [0.29, 0.717) is 6.54 Å². The number of hydrogen-bond acceptors (Lipinski definition) is 6. The van der Waals surface area contributed by atoms with Crippen LogP contribution in [0.25, 0.3) is 0 Å². The highest BCUT2D eigenvalue weighted by molar-refractivity contribution is 7.89. The lowest BCUT2D eigenvalue weighted by atomic mass is 10.0. The minimum absolute atomic E-state index is 0.0411. The van der Waals surface area contributed by atoms with Gasteiger partial charge in [0.25, 0.3) is 0 Å². The summed E-state index contributed by atoms with van der Waals surface area (Å²) >= 11 is 0. The van der Waals surface area contributed by atoms with Crippen molar-refractivity contribution in [2.24, 2.45) is 0 Å². The quantitative estimate of drug-likeness (QED) is 0.854. The van der Waals surface area contributed by atoms with Crippen LogP contribution in [-0.2, 0) is 23.0 Å². The molecule has 3 heterocycles. The number of aromatic nitrogens is 2. The summed E-state index contributed by atoms with van der Waals surface area (Å²) in [6.45, 7) is 5.12. The number of fused-ring (bicyclic) bond motifs is 1. The summed E-state index contributed by atoms with van der Waals surface area (Å²) in [4.78, 5) is 13.4. The number of nitrogens with zero attached hydrogens (tertiary/aromatic N) is 4. The predicted octanol–water partition coefficient (Wildman–Crippen LogP) is 0.373. The Hall–Kier alpha value is -1.25. The molecule has 8 heteroatoms. The van der Waals surface area contributed by atoms with Crippen LogP contribution in [0.3, 0.4) is 0 Å². The van der Waals surface area contributed by atoms with Crippen LogP contribution in [0.2, 0.25) is 0 Å². The normalized spacial score (nSPS) is 22.9. The average Bonchev–Trinajstić information content (AvgIpc) is 2.54. The molecule has 1 unspecified atom stereocenters. The number of piperidine rings is 1. The lowest BCUT2D eigenvalue weighted by molar-refractivity contribution is 0.308. The zero-order chi connectivity index (χ0) is 16.4. The first-order valence-corrected chi connectivity index (χ1v) is 9.90. The smallest absolute Gasteiger partial charge is 0.211 e. The maximum atomic E-state index is 11.8. The third-order valence-corrected chi connectivity index (χ3v) is 6.07. The van der Waals surface area contributed by atoms with E-state index in [1.165, 1.54) is 5.56 Å². The van der Waals surface area contributed by atoms with Crippen LogP contribution >= 0.6 is 0 Å². The minimum atomic E-state index is -3.17. The molecule has 0 amide bonds. The largest absolute Gasteiger partial charge is 0.355 e. The lowest BCUT2D eigenvalue weighted by Gasteiger charge is -2.36. The second-order valence-electron chi connectivity index (χ2n) is 6.42. The van der Waals surface area contributed by atoms with Gasteiger partial charge in [0.1, 0.15) is 12.1 Å². The van der Waals surface area contributed by atoms with E-state index in [-0.39, 0.29) is 11.8 Å². The molecule has 128 valence electrons. The first-order chi connectivity index (χ1) is 11.0. The van der Waals surface area contributed by atoms with Gasteiger partial charge in [-0.15, -0.1) is 0 Å². The molecule has 0 aliphatic carbocycles. The molecule has 1 atom stereocenters. The molecule has 0 spiro atoms. The summed E-state index contributed by atoms with van der Waals surface area (Å²) in [7, 11) is -1.06. The highest BCUT2D eigenvalue weighted by Crippen LogP contribution is 2.27. The van der Waals surface area contributed by atoms with E-state index in [1.807, 2.05) is 0 Å². The van der Waals surface area contributed by atoms with Gasteiger partial charge in [-0.3, -0.25) is 0 Å². The monoisotopic (exact) mass is 339 g/mol. The third kappa shape index (κ3) is 3.81. The molecule has 2 aliphatic heterocycles. The highest BCUT2D eigenvalue weighted by Gasteiger charge is 2.27. The molecule has 1 fully saturated rings. The van der Waals surface area contributed by atoms with Crippen molar-refractivity contribution in [2.45, 2.75) is 38.8 Å². The summed E-state index contributed by atoms with van der Waals surface area (Å²) in [5.74, 6) is 1.10. The SMILES string of the molecule is CCS(=O)(=O)NC1CCCN(c2ncnc3c2CN(C)CC3)C1. The van der Waals surface area contributed by atoms with Gasteiger partial charge in [0.15, 0.2) is 0 Å². The Morgan fingerprint density at radius 1 is 1.35 bits per heavy atom. The van der Waals surface area contributed by atoms with Crippen molar-refractivity contribution in [1.82, 2.24) is 19.6 Å². The third-order valence-electron chi connectivity index (χ3n) is 4.62. The second kappa shape index (κ2) is 6.70. The van der Waals surface area contributed by atoms with Gasteiger partial charge in [-0.2, -0.15) is 0 Å². The summed E-state index contributed by atoms with van der Waals surface area (Å²) in [5.41, 5.74) is 2.32.